The number of benzene rings is 1. The minimum Gasteiger partial charge on any atom is -0.391 e. The molecular formula is C25H25F2N3O2. The molecule has 3 aromatic rings. The van der Waals surface area contributed by atoms with E-state index in [9.17, 15) is 18.7 Å². The summed E-state index contributed by atoms with van der Waals surface area (Å²) in [6.07, 6.45) is 4.18. The molecule has 1 aromatic carbocycles. The lowest BCUT2D eigenvalue weighted by atomic mass is 9.74. The maximum absolute atomic E-state index is 14.4. The summed E-state index contributed by atoms with van der Waals surface area (Å²) in [4.78, 5) is 21.3. The van der Waals surface area contributed by atoms with Gasteiger partial charge in [0.1, 0.15) is 23.0 Å². The van der Waals surface area contributed by atoms with Crippen LogP contribution in [0, 0.1) is 17.6 Å². The van der Waals surface area contributed by atoms with Crippen molar-refractivity contribution in [2.75, 3.05) is 0 Å². The van der Waals surface area contributed by atoms with Crippen LogP contribution in [0.15, 0.2) is 54.9 Å². The third-order valence-electron chi connectivity index (χ3n) is 6.23. The van der Waals surface area contributed by atoms with Gasteiger partial charge in [-0.05, 0) is 66.1 Å². The van der Waals surface area contributed by atoms with E-state index in [1.54, 1.807) is 18.5 Å². The van der Waals surface area contributed by atoms with Gasteiger partial charge in [-0.3, -0.25) is 9.78 Å². The highest BCUT2D eigenvalue weighted by atomic mass is 19.1. The van der Waals surface area contributed by atoms with Crippen LogP contribution < -0.4 is 5.73 Å². The average molecular weight is 437 g/mol. The largest absolute Gasteiger partial charge is 0.391 e. The third kappa shape index (κ3) is 4.45. The number of Topliss-reactive ketones (excluding diaryl/α,β-unsaturated/α-hetero) is 1. The van der Waals surface area contributed by atoms with E-state index >= 15 is 0 Å². The predicted octanol–water partition coefficient (Wildman–Crippen LogP) is 4.05. The van der Waals surface area contributed by atoms with Gasteiger partial charge in [-0.25, -0.2) is 13.8 Å². The first-order chi connectivity index (χ1) is 15.3. The van der Waals surface area contributed by atoms with Crippen molar-refractivity contribution >= 4 is 5.78 Å². The third-order valence-corrected chi connectivity index (χ3v) is 6.23. The van der Waals surface area contributed by atoms with Gasteiger partial charge in [-0.15, -0.1) is 0 Å². The molecule has 4 rings (SSSR count). The van der Waals surface area contributed by atoms with Gasteiger partial charge >= 0.3 is 0 Å². The number of aromatic nitrogens is 2. The van der Waals surface area contributed by atoms with Crippen LogP contribution in [-0.4, -0.2) is 33.0 Å². The number of hydrogen-bond acceptors (Lipinski definition) is 5. The van der Waals surface area contributed by atoms with Gasteiger partial charge in [0.15, 0.2) is 5.78 Å². The van der Waals surface area contributed by atoms with Gasteiger partial charge in [-0.2, -0.15) is 0 Å². The molecule has 5 nitrogen and oxygen atoms in total. The first-order valence-electron chi connectivity index (χ1n) is 10.7. The summed E-state index contributed by atoms with van der Waals surface area (Å²) in [5, 5.41) is 10.2. The lowest BCUT2D eigenvalue weighted by molar-refractivity contribution is 0.0519. The minimum atomic E-state index is -0.697. The van der Waals surface area contributed by atoms with Crippen molar-refractivity contribution in [3.63, 3.8) is 0 Å². The van der Waals surface area contributed by atoms with E-state index in [2.05, 4.69) is 9.97 Å². The Hall–Kier alpha value is -3.03. The second kappa shape index (κ2) is 9.22. The molecule has 1 aliphatic carbocycles. The number of carbonyl (C=O) groups excluding carboxylic acids is 1. The van der Waals surface area contributed by atoms with Crippen molar-refractivity contribution in [3.05, 3.63) is 83.3 Å². The molecule has 1 aliphatic rings. The molecule has 32 heavy (non-hydrogen) atoms. The number of pyridine rings is 2. The number of hydrogen-bond donors (Lipinski definition) is 2. The zero-order chi connectivity index (χ0) is 22.8. The van der Waals surface area contributed by atoms with Crippen LogP contribution >= 0.6 is 0 Å². The van der Waals surface area contributed by atoms with Crippen LogP contribution in [0.4, 0.5) is 8.78 Å². The first-order valence-corrected chi connectivity index (χ1v) is 10.7. The summed E-state index contributed by atoms with van der Waals surface area (Å²) in [5.74, 6) is -1.47. The first kappa shape index (κ1) is 22.2. The Balaban J connectivity index is 1.61. The zero-order valence-corrected chi connectivity index (χ0v) is 17.7. The topological polar surface area (TPSA) is 89.1 Å². The van der Waals surface area contributed by atoms with Crippen molar-refractivity contribution in [1.29, 1.82) is 0 Å². The number of rotatable bonds is 5. The molecular weight excluding hydrogens is 412 g/mol. The molecule has 0 bridgehead atoms. The van der Waals surface area contributed by atoms with Crippen LogP contribution in [0.1, 0.15) is 47.3 Å². The van der Waals surface area contributed by atoms with Crippen molar-refractivity contribution in [1.82, 2.24) is 9.97 Å². The number of nitrogens with two attached hydrogens (primary N) is 1. The Morgan fingerprint density at radius 3 is 2.66 bits per heavy atom. The normalized spacial score (nSPS) is 23.2. The Kier molecular flexibility index (Phi) is 6.39. The molecule has 3 N–H and O–H groups in total. The van der Waals surface area contributed by atoms with Crippen molar-refractivity contribution < 1.29 is 18.7 Å². The zero-order valence-electron chi connectivity index (χ0n) is 17.7. The quantitative estimate of drug-likeness (QED) is 0.588. The average Bonchev–Trinajstić information content (AvgIpc) is 2.78. The van der Waals surface area contributed by atoms with E-state index in [0.717, 1.165) is 23.6 Å². The SMILES string of the molecule is C[C@H]1C[C@@H](c2ccncc2CC(=O)c2ccc(F)c(-c3ccccc3F)n2)C[C@@H](N)[C@H]1O. The highest BCUT2D eigenvalue weighted by molar-refractivity contribution is 5.96. The standard InChI is InChI=1S/C25H25F2N3O2/c1-14-10-15(11-21(28)25(14)32)17-8-9-29-13-16(17)12-23(31)22-7-6-20(27)24(30-22)18-4-2-3-5-19(18)26/h2-9,13-15,21,25,32H,10-12,28H2,1H3/t14-,15+,21+,25-/m0/s1. The Bertz CT molecular complexity index is 1130. The molecule has 2 heterocycles. The van der Waals surface area contributed by atoms with E-state index in [0.29, 0.717) is 6.42 Å². The summed E-state index contributed by atoms with van der Waals surface area (Å²) < 4.78 is 28.5. The summed E-state index contributed by atoms with van der Waals surface area (Å²) in [6.45, 7) is 1.97. The fourth-order valence-corrected chi connectivity index (χ4v) is 4.52. The van der Waals surface area contributed by atoms with E-state index in [1.807, 2.05) is 13.0 Å². The van der Waals surface area contributed by atoms with Gasteiger partial charge in [0.05, 0.1) is 6.10 Å². The fraction of sp³-hybridized carbons (Fsp3) is 0.320. The molecule has 1 fully saturated rings. The predicted molar refractivity (Wildman–Crippen MR) is 117 cm³/mol. The molecule has 7 heteroatoms. The van der Waals surface area contributed by atoms with E-state index in [-0.39, 0.29) is 47.0 Å². The highest BCUT2D eigenvalue weighted by Crippen LogP contribution is 2.37. The van der Waals surface area contributed by atoms with Crippen molar-refractivity contribution in [3.8, 4) is 11.3 Å². The molecule has 0 radical (unpaired) electrons. The summed E-state index contributed by atoms with van der Waals surface area (Å²) >= 11 is 0. The Morgan fingerprint density at radius 2 is 1.91 bits per heavy atom. The lowest BCUT2D eigenvalue weighted by Crippen LogP contribution is -2.44. The monoisotopic (exact) mass is 437 g/mol. The van der Waals surface area contributed by atoms with Crippen LogP contribution in [0.3, 0.4) is 0 Å². The van der Waals surface area contributed by atoms with Gasteiger partial charge < -0.3 is 10.8 Å². The molecule has 0 spiro atoms. The number of aliphatic hydroxyl groups excluding tert-OH is 1. The molecule has 0 unspecified atom stereocenters. The van der Waals surface area contributed by atoms with Crippen LogP contribution in [0.5, 0.6) is 0 Å². The maximum Gasteiger partial charge on any atom is 0.185 e. The number of ketones is 1. The number of halogens is 2. The van der Waals surface area contributed by atoms with E-state index in [1.165, 1.54) is 24.3 Å². The molecule has 0 amide bonds. The molecule has 166 valence electrons. The van der Waals surface area contributed by atoms with Gasteiger partial charge in [0, 0.05) is 30.4 Å². The number of nitrogens with zero attached hydrogens (tertiary/aromatic N) is 2. The highest BCUT2D eigenvalue weighted by Gasteiger charge is 2.34. The molecule has 1 saturated carbocycles. The van der Waals surface area contributed by atoms with Crippen LogP contribution in [0.25, 0.3) is 11.3 Å². The second-order valence-electron chi connectivity index (χ2n) is 8.48. The molecule has 2 aromatic heterocycles. The summed E-state index contributed by atoms with van der Waals surface area (Å²) in [7, 11) is 0. The van der Waals surface area contributed by atoms with Crippen LogP contribution in [-0.2, 0) is 6.42 Å². The van der Waals surface area contributed by atoms with Gasteiger partial charge in [0.25, 0.3) is 0 Å². The van der Waals surface area contributed by atoms with E-state index in [4.69, 9.17) is 5.73 Å². The summed E-state index contributed by atoms with van der Waals surface area (Å²) in [6, 6.07) is 9.74. The summed E-state index contributed by atoms with van der Waals surface area (Å²) in [5.41, 5.74) is 7.72. The smallest absolute Gasteiger partial charge is 0.185 e. The number of carbonyl (C=O) groups is 1. The molecule has 4 atom stereocenters. The second-order valence-corrected chi connectivity index (χ2v) is 8.48. The Morgan fingerprint density at radius 1 is 1.12 bits per heavy atom. The lowest BCUT2D eigenvalue weighted by Gasteiger charge is -2.36. The fourth-order valence-electron chi connectivity index (χ4n) is 4.52. The van der Waals surface area contributed by atoms with Gasteiger partial charge in [-0.1, -0.05) is 19.1 Å². The van der Waals surface area contributed by atoms with Gasteiger partial charge in [0.2, 0.25) is 0 Å². The van der Waals surface area contributed by atoms with Crippen molar-refractivity contribution in [2.45, 2.75) is 44.2 Å². The minimum absolute atomic E-state index is 0.00505. The van der Waals surface area contributed by atoms with Crippen molar-refractivity contribution in [2.24, 2.45) is 11.7 Å². The number of aliphatic hydroxyl groups is 1. The van der Waals surface area contributed by atoms with Crippen LogP contribution in [0.2, 0.25) is 0 Å². The maximum atomic E-state index is 14.4. The van der Waals surface area contributed by atoms with E-state index < -0.39 is 17.7 Å². The molecule has 0 saturated heterocycles. The Labute approximate surface area is 185 Å². The molecule has 0 aliphatic heterocycles.